The van der Waals surface area contributed by atoms with E-state index in [2.05, 4.69) is 16.5 Å². The monoisotopic (exact) mass is 293 g/mol. The zero-order chi connectivity index (χ0) is 15.5. The third-order valence-corrected chi connectivity index (χ3v) is 3.30. The van der Waals surface area contributed by atoms with Crippen LogP contribution in [0.3, 0.4) is 0 Å². The number of carbonyl (C=O) groups is 1. The first kappa shape index (κ1) is 14.0. The van der Waals surface area contributed by atoms with E-state index in [-0.39, 0.29) is 0 Å². The molecule has 1 aromatic carbocycles. The number of imidazole rings is 1. The Morgan fingerprint density at radius 1 is 1.32 bits per heavy atom. The molecule has 0 aliphatic heterocycles. The van der Waals surface area contributed by atoms with Crippen LogP contribution in [-0.4, -0.2) is 26.9 Å². The topological polar surface area (TPSA) is 56.5 Å². The lowest BCUT2D eigenvalue weighted by Gasteiger charge is -2.05. The minimum atomic E-state index is -0.409. The van der Waals surface area contributed by atoms with E-state index in [1.807, 2.05) is 30.5 Å². The molecule has 0 aliphatic carbocycles. The maximum atomic E-state index is 11.9. The second-order valence-corrected chi connectivity index (χ2v) is 4.71. The van der Waals surface area contributed by atoms with Crippen LogP contribution in [0.1, 0.15) is 23.0 Å². The van der Waals surface area contributed by atoms with Crippen LogP contribution in [-0.2, 0) is 4.74 Å². The Morgan fingerprint density at radius 2 is 2.14 bits per heavy atom. The number of fused-ring (bicyclic) bond motifs is 1. The Balaban J connectivity index is 2.10. The highest BCUT2D eigenvalue weighted by atomic mass is 16.5. The van der Waals surface area contributed by atoms with Gasteiger partial charge in [-0.25, -0.2) is 14.8 Å². The Bertz CT molecular complexity index is 852. The van der Waals surface area contributed by atoms with Gasteiger partial charge in [0, 0.05) is 18.0 Å². The zero-order valence-electron chi connectivity index (χ0n) is 12.2. The summed E-state index contributed by atoms with van der Waals surface area (Å²) in [5, 5.41) is 0. The second kappa shape index (κ2) is 5.81. The average Bonchev–Trinajstić information content (AvgIpc) is 2.98. The molecule has 0 atom stereocenters. The SMILES string of the molecule is C=Cc1cccc(-c2cnc3ncc(C(=O)OCC)n3c2)c1. The van der Waals surface area contributed by atoms with Crippen molar-refractivity contribution < 1.29 is 9.53 Å². The van der Waals surface area contributed by atoms with E-state index >= 15 is 0 Å². The molecule has 0 radical (unpaired) electrons. The van der Waals surface area contributed by atoms with Gasteiger partial charge in [0.25, 0.3) is 0 Å². The van der Waals surface area contributed by atoms with Gasteiger partial charge in [-0.15, -0.1) is 0 Å². The molecule has 0 aliphatic rings. The maximum absolute atomic E-state index is 11.9. The van der Waals surface area contributed by atoms with Crippen molar-refractivity contribution in [3.63, 3.8) is 0 Å². The third-order valence-electron chi connectivity index (χ3n) is 3.30. The van der Waals surface area contributed by atoms with Gasteiger partial charge in [-0.05, 0) is 24.1 Å². The maximum Gasteiger partial charge on any atom is 0.357 e. The molecule has 0 bridgehead atoms. The molecule has 0 saturated carbocycles. The summed E-state index contributed by atoms with van der Waals surface area (Å²) < 4.78 is 6.68. The number of aromatic nitrogens is 3. The van der Waals surface area contributed by atoms with E-state index in [0.717, 1.165) is 16.7 Å². The summed E-state index contributed by atoms with van der Waals surface area (Å²) in [6, 6.07) is 7.92. The van der Waals surface area contributed by atoms with Gasteiger partial charge in [-0.2, -0.15) is 0 Å². The summed E-state index contributed by atoms with van der Waals surface area (Å²) >= 11 is 0. The van der Waals surface area contributed by atoms with Crippen molar-refractivity contribution in [1.82, 2.24) is 14.4 Å². The van der Waals surface area contributed by atoms with Gasteiger partial charge in [-0.3, -0.25) is 4.40 Å². The number of rotatable bonds is 4. The molecule has 5 nitrogen and oxygen atoms in total. The van der Waals surface area contributed by atoms with Crippen LogP contribution in [0, 0.1) is 0 Å². The first-order valence-electron chi connectivity index (χ1n) is 6.96. The van der Waals surface area contributed by atoms with E-state index in [0.29, 0.717) is 18.1 Å². The van der Waals surface area contributed by atoms with Crippen LogP contribution in [0.5, 0.6) is 0 Å². The molecule has 0 spiro atoms. The number of esters is 1. The minimum Gasteiger partial charge on any atom is -0.461 e. The highest BCUT2D eigenvalue weighted by Crippen LogP contribution is 2.21. The Hall–Kier alpha value is -2.95. The van der Waals surface area contributed by atoms with Crippen LogP contribution in [0.25, 0.3) is 23.0 Å². The summed E-state index contributed by atoms with van der Waals surface area (Å²) in [5.74, 6) is 0.0560. The van der Waals surface area contributed by atoms with E-state index < -0.39 is 5.97 Å². The van der Waals surface area contributed by atoms with Gasteiger partial charge in [0.2, 0.25) is 5.78 Å². The predicted molar refractivity (Wildman–Crippen MR) is 84.5 cm³/mol. The number of nitrogens with zero attached hydrogens (tertiary/aromatic N) is 3. The van der Waals surface area contributed by atoms with E-state index in [4.69, 9.17) is 4.74 Å². The molecule has 2 heterocycles. The van der Waals surface area contributed by atoms with Crippen LogP contribution < -0.4 is 0 Å². The van der Waals surface area contributed by atoms with Crippen molar-refractivity contribution in [2.24, 2.45) is 0 Å². The molecule has 3 aromatic rings. The van der Waals surface area contributed by atoms with E-state index in [9.17, 15) is 4.79 Å². The summed E-state index contributed by atoms with van der Waals surface area (Å²) in [4.78, 5) is 20.4. The number of carbonyl (C=O) groups excluding carboxylic acids is 1. The molecule has 5 heteroatoms. The average molecular weight is 293 g/mol. The molecule has 3 rings (SSSR count). The van der Waals surface area contributed by atoms with E-state index in [1.165, 1.54) is 6.20 Å². The molecule has 110 valence electrons. The van der Waals surface area contributed by atoms with Crippen LogP contribution >= 0.6 is 0 Å². The van der Waals surface area contributed by atoms with Gasteiger partial charge < -0.3 is 4.74 Å². The second-order valence-electron chi connectivity index (χ2n) is 4.71. The summed E-state index contributed by atoms with van der Waals surface area (Å²) in [6.45, 7) is 5.86. The molecular formula is C17H15N3O2. The molecular weight excluding hydrogens is 278 g/mol. The van der Waals surface area contributed by atoms with Gasteiger partial charge in [0.1, 0.15) is 0 Å². The fourth-order valence-electron chi connectivity index (χ4n) is 2.22. The highest BCUT2D eigenvalue weighted by molar-refractivity contribution is 5.88. The lowest BCUT2D eigenvalue weighted by molar-refractivity contribution is 0.0518. The highest BCUT2D eigenvalue weighted by Gasteiger charge is 2.14. The summed E-state index contributed by atoms with van der Waals surface area (Å²) in [7, 11) is 0. The Kier molecular flexibility index (Phi) is 3.70. The van der Waals surface area contributed by atoms with Crippen LogP contribution in [0.4, 0.5) is 0 Å². The first-order chi connectivity index (χ1) is 10.7. The van der Waals surface area contributed by atoms with Crippen molar-refractivity contribution in [3.8, 4) is 11.1 Å². The Morgan fingerprint density at radius 3 is 2.91 bits per heavy atom. The lowest BCUT2D eigenvalue weighted by Crippen LogP contribution is -2.08. The fourth-order valence-corrected chi connectivity index (χ4v) is 2.22. The Labute approximate surface area is 127 Å². The molecule has 2 aromatic heterocycles. The van der Waals surface area contributed by atoms with Crippen molar-refractivity contribution in [2.45, 2.75) is 6.92 Å². The summed E-state index contributed by atoms with van der Waals surface area (Å²) in [6.07, 6.45) is 6.84. The molecule has 0 saturated heterocycles. The molecule has 0 amide bonds. The third kappa shape index (κ3) is 2.48. The van der Waals surface area contributed by atoms with Crippen molar-refractivity contribution in [1.29, 1.82) is 0 Å². The minimum absolute atomic E-state index is 0.320. The number of hydrogen-bond acceptors (Lipinski definition) is 4. The smallest absolute Gasteiger partial charge is 0.357 e. The van der Waals surface area contributed by atoms with Gasteiger partial charge in [-0.1, -0.05) is 30.9 Å². The van der Waals surface area contributed by atoms with Crippen molar-refractivity contribution in [2.75, 3.05) is 6.61 Å². The van der Waals surface area contributed by atoms with Crippen molar-refractivity contribution in [3.05, 3.63) is 60.7 Å². The molecule has 22 heavy (non-hydrogen) atoms. The fraction of sp³-hybridized carbons (Fsp3) is 0.118. The largest absolute Gasteiger partial charge is 0.461 e. The van der Waals surface area contributed by atoms with Gasteiger partial charge in [0.15, 0.2) is 5.69 Å². The lowest BCUT2D eigenvalue weighted by atomic mass is 10.1. The zero-order valence-corrected chi connectivity index (χ0v) is 12.2. The molecule has 0 unspecified atom stereocenters. The van der Waals surface area contributed by atoms with Gasteiger partial charge >= 0.3 is 5.97 Å². The quantitative estimate of drug-likeness (QED) is 0.693. The summed E-state index contributed by atoms with van der Waals surface area (Å²) in [5.41, 5.74) is 3.27. The van der Waals surface area contributed by atoms with Crippen molar-refractivity contribution >= 4 is 17.8 Å². The number of benzene rings is 1. The molecule has 0 N–H and O–H groups in total. The van der Waals surface area contributed by atoms with Crippen LogP contribution in [0.15, 0.2) is 49.4 Å². The first-order valence-corrected chi connectivity index (χ1v) is 6.96. The van der Waals surface area contributed by atoms with E-state index in [1.54, 1.807) is 23.6 Å². The van der Waals surface area contributed by atoms with Crippen LogP contribution in [0.2, 0.25) is 0 Å². The van der Waals surface area contributed by atoms with Gasteiger partial charge in [0.05, 0.1) is 12.8 Å². The predicted octanol–water partition coefficient (Wildman–Crippen LogP) is 3.22. The normalized spacial score (nSPS) is 10.6. The standard InChI is InChI=1S/C17H15N3O2/c1-3-12-6-5-7-13(8-12)14-9-18-17-19-10-15(20(17)11-14)16(21)22-4-2/h3,5-11H,1,4H2,2H3. The number of hydrogen-bond donors (Lipinski definition) is 0. The number of ether oxygens (including phenoxy) is 1. The molecule has 0 fully saturated rings.